The van der Waals surface area contributed by atoms with Gasteiger partial charge in [0.2, 0.25) is 0 Å². The Morgan fingerprint density at radius 2 is 2.00 bits per heavy atom. The van der Waals surface area contributed by atoms with Crippen molar-refractivity contribution in [2.45, 2.75) is 44.9 Å². The molecule has 0 amide bonds. The molecule has 1 heterocycles. The number of hydrogen-bond donors (Lipinski definition) is 0. The third-order valence-electron chi connectivity index (χ3n) is 3.26. The summed E-state index contributed by atoms with van der Waals surface area (Å²) in [4.78, 5) is 4.36. The average molecular weight is 189 g/mol. The molecule has 0 saturated heterocycles. The van der Waals surface area contributed by atoms with Crippen LogP contribution in [0.4, 0.5) is 0 Å². The predicted molar refractivity (Wildman–Crippen MR) is 59.1 cm³/mol. The van der Waals surface area contributed by atoms with E-state index >= 15 is 0 Å². The first-order valence-electron chi connectivity index (χ1n) is 5.85. The van der Waals surface area contributed by atoms with E-state index in [9.17, 15) is 0 Å². The van der Waals surface area contributed by atoms with Gasteiger partial charge in [-0.2, -0.15) is 0 Å². The summed E-state index contributed by atoms with van der Waals surface area (Å²) in [5, 5.41) is 0. The van der Waals surface area contributed by atoms with Crippen molar-refractivity contribution in [2.75, 3.05) is 0 Å². The van der Waals surface area contributed by atoms with E-state index in [1.165, 1.54) is 50.6 Å². The van der Waals surface area contributed by atoms with Crippen LogP contribution in [0.3, 0.4) is 0 Å². The Hall–Kier alpha value is -0.850. The number of hydrogen-bond acceptors (Lipinski definition) is 1. The van der Waals surface area contributed by atoms with E-state index in [1.807, 2.05) is 12.3 Å². The van der Waals surface area contributed by atoms with Gasteiger partial charge >= 0.3 is 0 Å². The van der Waals surface area contributed by atoms with E-state index in [-0.39, 0.29) is 0 Å². The molecule has 1 saturated carbocycles. The molecule has 0 atom stereocenters. The summed E-state index contributed by atoms with van der Waals surface area (Å²) in [6.45, 7) is 0. The Morgan fingerprint density at radius 3 is 2.71 bits per heavy atom. The fourth-order valence-electron chi connectivity index (χ4n) is 2.37. The number of pyridine rings is 1. The molecule has 1 aliphatic carbocycles. The number of nitrogens with zero attached hydrogens (tertiary/aromatic N) is 1. The van der Waals surface area contributed by atoms with E-state index in [4.69, 9.17) is 0 Å². The Bertz CT molecular complexity index is 249. The molecule has 1 nitrogen and oxygen atoms in total. The van der Waals surface area contributed by atoms with Gasteiger partial charge in [0, 0.05) is 11.9 Å². The molecule has 0 N–H and O–H groups in total. The molecule has 0 unspecified atom stereocenters. The lowest BCUT2D eigenvalue weighted by atomic mass is 9.86. The second-order valence-electron chi connectivity index (χ2n) is 4.36. The molecule has 2 rings (SSSR count). The van der Waals surface area contributed by atoms with E-state index in [0.717, 1.165) is 5.92 Å². The van der Waals surface area contributed by atoms with Gasteiger partial charge in [-0.1, -0.05) is 38.2 Å². The van der Waals surface area contributed by atoms with E-state index in [2.05, 4.69) is 17.1 Å². The second kappa shape index (κ2) is 5.14. The van der Waals surface area contributed by atoms with Gasteiger partial charge in [-0.3, -0.25) is 4.98 Å². The zero-order chi connectivity index (χ0) is 9.64. The second-order valence-corrected chi connectivity index (χ2v) is 4.36. The van der Waals surface area contributed by atoms with Gasteiger partial charge in [0.25, 0.3) is 0 Å². The first-order chi connectivity index (χ1) is 6.95. The van der Waals surface area contributed by atoms with Crippen molar-refractivity contribution < 1.29 is 0 Å². The molecule has 1 aliphatic rings. The van der Waals surface area contributed by atoms with Gasteiger partial charge in [-0.25, -0.2) is 0 Å². The number of rotatable bonds is 3. The summed E-state index contributed by atoms with van der Waals surface area (Å²) in [5.41, 5.74) is 1.26. The number of aryl methyl sites for hydroxylation is 1. The molecular formula is C13H19N. The molecule has 0 aromatic carbocycles. The average Bonchev–Trinajstić information content (AvgIpc) is 2.29. The van der Waals surface area contributed by atoms with Crippen molar-refractivity contribution >= 4 is 0 Å². The molecule has 0 aliphatic heterocycles. The van der Waals surface area contributed by atoms with Crippen LogP contribution in [-0.4, -0.2) is 4.98 Å². The third-order valence-corrected chi connectivity index (χ3v) is 3.26. The molecular weight excluding hydrogens is 170 g/mol. The Balaban J connectivity index is 1.76. The third kappa shape index (κ3) is 2.83. The monoisotopic (exact) mass is 189 g/mol. The van der Waals surface area contributed by atoms with Crippen molar-refractivity contribution in [2.24, 2.45) is 5.92 Å². The van der Waals surface area contributed by atoms with Gasteiger partial charge in [0.05, 0.1) is 0 Å². The van der Waals surface area contributed by atoms with Crippen LogP contribution in [0.15, 0.2) is 24.4 Å². The van der Waals surface area contributed by atoms with Gasteiger partial charge in [0.1, 0.15) is 0 Å². The topological polar surface area (TPSA) is 12.9 Å². The summed E-state index contributed by atoms with van der Waals surface area (Å²) in [5.74, 6) is 0.978. The fourth-order valence-corrected chi connectivity index (χ4v) is 2.37. The van der Waals surface area contributed by atoms with Crippen LogP contribution >= 0.6 is 0 Å². The van der Waals surface area contributed by atoms with Gasteiger partial charge in [-0.15, -0.1) is 0 Å². The summed E-state index contributed by atoms with van der Waals surface area (Å²) in [6, 6.07) is 6.22. The van der Waals surface area contributed by atoms with Crippen molar-refractivity contribution in [1.82, 2.24) is 4.98 Å². The van der Waals surface area contributed by atoms with Crippen molar-refractivity contribution in [1.29, 1.82) is 0 Å². The molecule has 0 radical (unpaired) electrons. The largest absolute Gasteiger partial charge is 0.261 e. The maximum Gasteiger partial charge on any atom is 0.0403 e. The van der Waals surface area contributed by atoms with Crippen LogP contribution in [0.2, 0.25) is 0 Å². The Morgan fingerprint density at radius 1 is 1.14 bits per heavy atom. The van der Waals surface area contributed by atoms with E-state index in [1.54, 1.807) is 0 Å². The zero-order valence-electron chi connectivity index (χ0n) is 8.78. The lowest BCUT2D eigenvalue weighted by molar-refractivity contribution is 0.338. The highest BCUT2D eigenvalue weighted by Gasteiger charge is 2.12. The molecule has 1 aromatic rings. The Labute approximate surface area is 86.6 Å². The van der Waals surface area contributed by atoms with Gasteiger partial charge in [0.15, 0.2) is 0 Å². The first-order valence-corrected chi connectivity index (χ1v) is 5.85. The lowest BCUT2D eigenvalue weighted by Gasteiger charge is -2.20. The van der Waals surface area contributed by atoms with Crippen LogP contribution in [0.5, 0.6) is 0 Å². The standard InChI is InChI=1S/C13H19N/c1-2-6-12(7-3-1)9-10-13-8-4-5-11-14-13/h4-5,8,11-12H,1-3,6-7,9-10H2. The van der Waals surface area contributed by atoms with Crippen LogP contribution < -0.4 is 0 Å². The highest BCUT2D eigenvalue weighted by atomic mass is 14.7. The predicted octanol–water partition coefficient (Wildman–Crippen LogP) is 3.59. The highest BCUT2D eigenvalue weighted by molar-refractivity contribution is 5.03. The minimum Gasteiger partial charge on any atom is -0.261 e. The smallest absolute Gasteiger partial charge is 0.0403 e. The van der Waals surface area contributed by atoms with Crippen LogP contribution in [0.25, 0.3) is 0 Å². The number of aromatic nitrogens is 1. The SMILES string of the molecule is c1ccc(CCC2CCCCC2)nc1. The van der Waals surface area contributed by atoms with Gasteiger partial charge < -0.3 is 0 Å². The minimum atomic E-state index is 0.978. The summed E-state index contributed by atoms with van der Waals surface area (Å²) in [6.07, 6.45) is 11.7. The van der Waals surface area contributed by atoms with Crippen LogP contribution in [-0.2, 0) is 6.42 Å². The molecule has 76 valence electrons. The first kappa shape index (κ1) is 9.70. The molecule has 14 heavy (non-hydrogen) atoms. The Kier molecular flexibility index (Phi) is 3.56. The molecule has 0 spiro atoms. The molecule has 1 heteroatoms. The normalized spacial score (nSPS) is 18.3. The molecule has 1 aromatic heterocycles. The van der Waals surface area contributed by atoms with Crippen LogP contribution in [0.1, 0.15) is 44.2 Å². The van der Waals surface area contributed by atoms with Crippen molar-refractivity contribution in [3.05, 3.63) is 30.1 Å². The molecule has 0 bridgehead atoms. The van der Waals surface area contributed by atoms with E-state index < -0.39 is 0 Å². The van der Waals surface area contributed by atoms with Crippen molar-refractivity contribution in [3.63, 3.8) is 0 Å². The maximum atomic E-state index is 4.36. The van der Waals surface area contributed by atoms with E-state index in [0.29, 0.717) is 0 Å². The maximum absolute atomic E-state index is 4.36. The minimum absolute atomic E-state index is 0.978. The van der Waals surface area contributed by atoms with Crippen molar-refractivity contribution in [3.8, 4) is 0 Å². The fraction of sp³-hybridized carbons (Fsp3) is 0.615. The van der Waals surface area contributed by atoms with Gasteiger partial charge in [-0.05, 0) is 30.9 Å². The summed E-state index contributed by atoms with van der Waals surface area (Å²) < 4.78 is 0. The zero-order valence-corrected chi connectivity index (χ0v) is 8.78. The quantitative estimate of drug-likeness (QED) is 0.708. The summed E-state index contributed by atoms with van der Waals surface area (Å²) in [7, 11) is 0. The lowest BCUT2D eigenvalue weighted by Crippen LogP contribution is -2.07. The summed E-state index contributed by atoms with van der Waals surface area (Å²) >= 11 is 0. The molecule has 1 fully saturated rings. The van der Waals surface area contributed by atoms with Crippen LogP contribution in [0, 0.1) is 5.92 Å². The highest BCUT2D eigenvalue weighted by Crippen LogP contribution is 2.27.